The third-order valence-corrected chi connectivity index (χ3v) is 1.64. The first-order valence-electron chi connectivity index (χ1n) is 4.10. The zero-order chi connectivity index (χ0) is 8.53. The van der Waals surface area contributed by atoms with Crippen LogP contribution in [0.5, 0.6) is 0 Å². The van der Waals surface area contributed by atoms with Gasteiger partial charge in [-0.3, -0.25) is 0 Å². The summed E-state index contributed by atoms with van der Waals surface area (Å²) in [5.41, 5.74) is 0. The Morgan fingerprint density at radius 1 is 1.00 bits per heavy atom. The molecule has 0 amide bonds. The number of rotatable bonds is 1. The molecule has 0 spiro atoms. The first-order valence-corrected chi connectivity index (χ1v) is 4.10. The van der Waals surface area contributed by atoms with Gasteiger partial charge in [-0.2, -0.15) is 0 Å². The lowest BCUT2D eigenvalue weighted by molar-refractivity contribution is -0.140. The van der Waals surface area contributed by atoms with Crippen LogP contribution in [0.2, 0.25) is 0 Å². The van der Waals surface area contributed by atoms with Crippen molar-refractivity contribution < 1.29 is 15.0 Å². The molecule has 1 aliphatic carbocycles. The molecule has 0 saturated heterocycles. The lowest BCUT2D eigenvalue weighted by Gasteiger charge is -2.05. The van der Waals surface area contributed by atoms with E-state index in [0.717, 1.165) is 0 Å². The summed E-state index contributed by atoms with van der Waals surface area (Å²) in [6, 6.07) is 0. The topological polar surface area (TPSA) is 57.5 Å². The van der Waals surface area contributed by atoms with Gasteiger partial charge < -0.3 is 10.2 Å². The van der Waals surface area contributed by atoms with Crippen molar-refractivity contribution >= 4 is 5.97 Å². The predicted octanol–water partition coefficient (Wildman–Crippen LogP) is 1.40. The highest BCUT2D eigenvalue weighted by molar-refractivity contribution is 5.67. The highest BCUT2D eigenvalue weighted by Crippen LogP contribution is 2.15. The number of carbonyl (C=O) groups is 1. The Kier molecular flexibility index (Phi) is 7.15. The summed E-state index contributed by atoms with van der Waals surface area (Å²) in [6.45, 7) is -0.778. The van der Waals surface area contributed by atoms with E-state index in [-0.39, 0.29) is 0 Å². The Hall–Kier alpha value is -0.570. The monoisotopic (exact) mass is 160 g/mol. The van der Waals surface area contributed by atoms with Gasteiger partial charge >= 0.3 is 5.97 Å². The summed E-state index contributed by atoms with van der Waals surface area (Å²) in [6.07, 6.45) is 9.00. The van der Waals surface area contributed by atoms with Crippen molar-refractivity contribution in [3.8, 4) is 0 Å². The fourth-order valence-corrected chi connectivity index (χ4v) is 1.06. The van der Waals surface area contributed by atoms with Crippen molar-refractivity contribution in [2.45, 2.75) is 38.5 Å². The summed E-state index contributed by atoms with van der Waals surface area (Å²) >= 11 is 0. The molecule has 3 heteroatoms. The van der Waals surface area contributed by atoms with Gasteiger partial charge in [-0.05, 0) is 0 Å². The molecule has 0 aromatic heterocycles. The molecule has 0 radical (unpaired) electrons. The van der Waals surface area contributed by atoms with Gasteiger partial charge in [0.25, 0.3) is 0 Å². The molecule has 0 aliphatic heterocycles. The van der Waals surface area contributed by atoms with E-state index < -0.39 is 12.6 Å². The number of carboxylic acid groups (broad SMARTS) is 1. The number of hydrogen-bond acceptors (Lipinski definition) is 2. The maximum atomic E-state index is 9.12. The van der Waals surface area contributed by atoms with E-state index in [1.807, 2.05) is 0 Å². The number of aliphatic hydroxyl groups excluding tert-OH is 1. The average Bonchev–Trinajstić information content (AvgIpc) is 2.09. The Morgan fingerprint density at radius 3 is 1.27 bits per heavy atom. The van der Waals surface area contributed by atoms with Crippen LogP contribution in [-0.2, 0) is 4.79 Å². The van der Waals surface area contributed by atoms with E-state index in [1.165, 1.54) is 38.5 Å². The quantitative estimate of drug-likeness (QED) is 0.609. The molecule has 1 saturated carbocycles. The van der Waals surface area contributed by atoms with E-state index in [2.05, 4.69) is 0 Å². The average molecular weight is 160 g/mol. The molecule has 0 unspecified atom stereocenters. The molecule has 66 valence electrons. The standard InChI is InChI=1S/C6H12.C2H4O3/c1-2-4-6-5-3-1;3-1-2(4)5/h1-6H2;3H,1H2,(H,4,5). The van der Waals surface area contributed by atoms with Crippen LogP contribution in [0.15, 0.2) is 0 Å². The zero-order valence-corrected chi connectivity index (χ0v) is 6.75. The third-order valence-electron chi connectivity index (χ3n) is 1.64. The van der Waals surface area contributed by atoms with Gasteiger partial charge in [0.2, 0.25) is 0 Å². The molecule has 11 heavy (non-hydrogen) atoms. The molecular formula is C8H16O3. The van der Waals surface area contributed by atoms with Crippen molar-refractivity contribution in [1.82, 2.24) is 0 Å². The lowest BCUT2D eigenvalue weighted by atomic mass is 10.0. The van der Waals surface area contributed by atoms with Gasteiger partial charge in [0.05, 0.1) is 0 Å². The van der Waals surface area contributed by atoms with Crippen molar-refractivity contribution in [2.75, 3.05) is 6.61 Å². The van der Waals surface area contributed by atoms with Gasteiger partial charge in [0, 0.05) is 0 Å². The predicted molar refractivity (Wildman–Crippen MR) is 42.4 cm³/mol. The highest BCUT2D eigenvalue weighted by Gasteiger charge is 1.95. The minimum atomic E-state index is -1.19. The van der Waals surface area contributed by atoms with Crippen LogP contribution in [0.25, 0.3) is 0 Å². The summed E-state index contributed by atoms with van der Waals surface area (Å²) in [4.78, 5) is 9.12. The number of hydrogen-bond donors (Lipinski definition) is 2. The first kappa shape index (κ1) is 10.4. The first-order chi connectivity index (χ1) is 5.27. The summed E-state index contributed by atoms with van der Waals surface area (Å²) in [5, 5.41) is 15.0. The van der Waals surface area contributed by atoms with Gasteiger partial charge in [0.15, 0.2) is 0 Å². The highest BCUT2D eigenvalue weighted by atomic mass is 16.4. The van der Waals surface area contributed by atoms with E-state index in [9.17, 15) is 0 Å². The number of aliphatic carboxylic acids is 1. The zero-order valence-electron chi connectivity index (χ0n) is 6.75. The van der Waals surface area contributed by atoms with E-state index >= 15 is 0 Å². The maximum absolute atomic E-state index is 9.12. The second kappa shape index (κ2) is 7.54. The Morgan fingerprint density at radius 2 is 1.18 bits per heavy atom. The number of carboxylic acids is 1. The fourth-order valence-electron chi connectivity index (χ4n) is 1.06. The van der Waals surface area contributed by atoms with Crippen LogP contribution in [0.4, 0.5) is 0 Å². The van der Waals surface area contributed by atoms with E-state index in [0.29, 0.717) is 0 Å². The molecule has 0 atom stereocenters. The van der Waals surface area contributed by atoms with Crippen molar-refractivity contribution in [3.05, 3.63) is 0 Å². The molecule has 3 nitrogen and oxygen atoms in total. The van der Waals surface area contributed by atoms with Crippen molar-refractivity contribution in [1.29, 1.82) is 0 Å². The van der Waals surface area contributed by atoms with Gasteiger partial charge in [-0.1, -0.05) is 38.5 Å². The Labute approximate surface area is 67.0 Å². The Balaban J connectivity index is 0.000000187. The van der Waals surface area contributed by atoms with Gasteiger partial charge in [0.1, 0.15) is 6.61 Å². The second-order valence-electron chi connectivity index (χ2n) is 2.67. The Bertz CT molecular complexity index is 86.0. The van der Waals surface area contributed by atoms with Crippen molar-refractivity contribution in [3.63, 3.8) is 0 Å². The molecule has 0 bridgehead atoms. The molecule has 0 aromatic rings. The second-order valence-corrected chi connectivity index (χ2v) is 2.67. The molecule has 0 heterocycles. The normalized spacial score (nSPS) is 16.5. The third kappa shape index (κ3) is 9.43. The SMILES string of the molecule is C1CCCCC1.O=C(O)CO. The number of aliphatic hydroxyl groups is 1. The van der Waals surface area contributed by atoms with E-state index in [4.69, 9.17) is 15.0 Å². The largest absolute Gasteiger partial charge is 0.480 e. The van der Waals surface area contributed by atoms with Crippen molar-refractivity contribution in [2.24, 2.45) is 0 Å². The van der Waals surface area contributed by atoms with E-state index in [1.54, 1.807) is 0 Å². The minimum Gasteiger partial charge on any atom is -0.480 e. The van der Waals surface area contributed by atoms with Gasteiger partial charge in [-0.15, -0.1) is 0 Å². The molecule has 1 aliphatic rings. The van der Waals surface area contributed by atoms with Crippen LogP contribution < -0.4 is 0 Å². The van der Waals surface area contributed by atoms with Gasteiger partial charge in [-0.25, -0.2) is 4.79 Å². The van der Waals surface area contributed by atoms with Crippen LogP contribution in [0.3, 0.4) is 0 Å². The lowest BCUT2D eigenvalue weighted by Crippen LogP contribution is -1.98. The van der Waals surface area contributed by atoms with Crippen LogP contribution in [0.1, 0.15) is 38.5 Å². The molecular weight excluding hydrogens is 144 g/mol. The summed E-state index contributed by atoms with van der Waals surface area (Å²) < 4.78 is 0. The van der Waals surface area contributed by atoms with Crippen LogP contribution in [0, 0.1) is 0 Å². The minimum absolute atomic E-state index is 0.778. The molecule has 1 fully saturated rings. The molecule has 0 aromatic carbocycles. The molecule has 1 rings (SSSR count). The van der Waals surface area contributed by atoms with Crippen LogP contribution >= 0.6 is 0 Å². The molecule has 2 N–H and O–H groups in total. The maximum Gasteiger partial charge on any atom is 0.329 e. The fraction of sp³-hybridized carbons (Fsp3) is 0.875. The summed E-state index contributed by atoms with van der Waals surface area (Å²) in [7, 11) is 0. The summed E-state index contributed by atoms with van der Waals surface area (Å²) in [5.74, 6) is -1.19. The van der Waals surface area contributed by atoms with Crippen LogP contribution in [-0.4, -0.2) is 22.8 Å². The smallest absolute Gasteiger partial charge is 0.329 e.